The molecular formula is H6AgCr2O9Ti3. The molecule has 15 heteroatoms. The van der Waals surface area contributed by atoms with E-state index in [1.165, 1.54) is 0 Å². The van der Waals surface area contributed by atoms with Crippen molar-refractivity contribution < 1.29 is 145 Å². The van der Waals surface area contributed by atoms with Gasteiger partial charge in [-0.2, -0.15) is 0 Å². The molecule has 6 N–H and O–H groups in total. The molecule has 0 aromatic rings. The van der Waals surface area contributed by atoms with Gasteiger partial charge in [0, 0.05) is 57.1 Å². The van der Waals surface area contributed by atoms with Gasteiger partial charge in [-0.25, -0.2) is 0 Å². The zero-order valence-electron chi connectivity index (χ0n) is 6.53. The maximum atomic E-state index is 8.81. The fraction of sp³-hybridized carbons (Fsp3) is 0. The molecule has 1 radical (unpaired) electrons. The molecule has 0 aromatic carbocycles. The van der Waals surface area contributed by atoms with Crippen LogP contribution in [0.25, 0.3) is 0 Å². The molecule has 0 atom stereocenters. The van der Waals surface area contributed by atoms with Crippen LogP contribution in [-0.4, -0.2) is 22.1 Å². The van der Waals surface area contributed by atoms with E-state index in [1.54, 1.807) is 0 Å². The summed E-state index contributed by atoms with van der Waals surface area (Å²) in [5.41, 5.74) is 0. The van der Waals surface area contributed by atoms with Crippen molar-refractivity contribution in [3.05, 3.63) is 0 Å². The summed E-state index contributed by atoms with van der Waals surface area (Å²) < 4.78 is 69.8. The quantitative estimate of drug-likeness (QED) is 0.181. The fourth-order valence-electron chi connectivity index (χ4n) is 0. The van der Waals surface area contributed by atoms with Gasteiger partial charge < -0.3 is 0 Å². The number of rotatable bonds is 0. The third-order valence-electron chi connectivity index (χ3n) is 0. The van der Waals surface area contributed by atoms with Crippen molar-refractivity contribution in [1.82, 2.24) is 0 Å². The molecule has 0 unspecified atom stereocenters. The van der Waals surface area contributed by atoms with Crippen molar-refractivity contribution >= 4 is 0 Å². The standard InChI is InChI=1S/Ag.2Cr.6H2O.3O.3Ti/h;;;6*1H2;;;;;;/q;;;;;;;;;;;;3*+2/p-6. The SMILES string of the molecule is [Ag].[Cr].[Cr].[O]=[Ti]([OH])[OH].[O]=[Ti]([OH])[OH].[O]=[Ti]([OH])[OH]. The van der Waals surface area contributed by atoms with E-state index in [2.05, 4.69) is 0 Å². The minimum atomic E-state index is -3.58. The topological polar surface area (TPSA) is 173 Å². The van der Waals surface area contributed by atoms with Crippen molar-refractivity contribution in [2.45, 2.75) is 0 Å². The molecule has 9 nitrogen and oxygen atoms in total. The predicted molar refractivity (Wildman–Crippen MR) is 15.4 cm³/mol. The van der Waals surface area contributed by atoms with E-state index in [9.17, 15) is 0 Å². The van der Waals surface area contributed by atoms with Gasteiger partial charge in [-0.1, -0.05) is 0 Å². The molecule has 0 fully saturated rings. The first-order chi connectivity index (χ1) is 5.20. The van der Waals surface area contributed by atoms with Crippen LogP contribution < -0.4 is 0 Å². The first-order valence-corrected chi connectivity index (χ1v) is 8.06. The summed E-state index contributed by atoms with van der Waals surface area (Å²) in [5.74, 6) is 0. The van der Waals surface area contributed by atoms with Crippen LogP contribution in [0.5, 0.6) is 0 Å². The summed E-state index contributed by atoms with van der Waals surface area (Å²) in [5, 5.41) is 0. The third kappa shape index (κ3) is 404. The molecule has 95 valence electrons. The van der Waals surface area contributed by atoms with Crippen molar-refractivity contribution in [3.8, 4) is 0 Å². The fourth-order valence-corrected chi connectivity index (χ4v) is 0. The summed E-state index contributed by atoms with van der Waals surface area (Å²) in [4.78, 5) is 0. The second kappa shape index (κ2) is 30.3. The van der Waals surface area contributed by atoms with Crippen LogP contribution in [0.2, 0.25) is 0 Å². The minimum absolute atomic E-state index is 0. The predicted octanol–water partition coefficient (Wildman–Crippen LogP) is -3.71. The Bertz CT molecular complexity index is 121. The summed E-state index contributed by atoms with van der Waals surface area (Å²) >= 11 is -10.8. The maximum absolute atomic E-state index is 8.81. The van der Waals surface area contributed by atoms with E-state index in [-0.39, 0.29) is 57.1 Å². The second-order valence-corrected chi connectivity index (χ2v) is 3.50. The van der Waals surface area contributed by atoms with E-state index in [0.717, 1.165) is 0 Å². The van der Waals surface area contributed by atoms with Crippen LogP contribution in [-0.2, 0) is 123 Å². The Morgan fingerprint density at radius 1 is 0.533 bits per heavy atom. The zero-order chi connectivity index (χ0) is 10.7. The summed E-state index contributed by atoms with van der Waals surface area (Å²) in [6.07, 6.45) is 0. The molecule has 0 aromatic heterocycles. The Morgan fingerprint density at radius 3 is 0.533 bits per heavy atom. The summed E-state index contributed by atoms with van der Waals surface area (Å²) in [6.45, 7) is 0. The first kappa shape index (κ1) is 36.2. The Hall–Kier alpha value is 3.11. The van der Waals surface area contributed by atoms with Crippen LogP contribution in [0.4, 0.5) is 0 Å². The van der Waals surface area contributed by atoms with E-state index in [4.69, 9.17) is 32.1 Å². The summed E-state index contributed by atoms with van der Waals surface area (Å²) in [6, 6.07) is 0. The second-order valence-electron chi connectivity index (χ2n) is 0.848. The Kier molecular flexibility index (Phi) is 73.0. The van der Waals surface area contributed by atoms with Gasteiger partial charge in [0.15, 0.2) is 0 Å². The van der Waals surface area contributed by atoms with Gasteiger partial charge in [-0.05, 0) is 0 Å². The molecule has 0 rings (SSSR count). The van der Waals surface area contributed by atoms with Crippen LogP contribution in [0.1, 0.15) is 0 Å². The van der Waals surface area contributed by atoms with Gasteiger partial charge in [0.1, 0.15) is 0 Å². The summed E-state index contributed by atoms with van der Waals surface area (Å²) in [7, 11) is 0. The molecule has 0 bridgehead atoms. The Labute approximate surface area is 143 Å². The number of hydrogen-bond donors (Lipinski definition) is 6. The van der Waals surface area contributed by atoms with Gasteiger partial charge >= 0.3 is 88.0 Å². The van der Waals surface area contributed by atoms with Crippen molar-refractivity contribution in [1.29, 1.82) is 0 Å². The van der Waals surface area contributed by atoms with Gasteiger partial charge in [0.25, 0.3) is 0 Å². The van der Waals surface area contributed by atoms with Gasteiger partial charge in [-0.15, -0.1) is 0 Å². The van der Waals surface area contributed by atoms with Crippen LogP contribution in [0.3, 0.4) is 0 Å². The van der Waals surface area contributed by atoms with Crippen LogP contribution >= 0.6 is 0 Å². The molecule has 0 aliphatic rings. The molecule has 0 aliphatic carbocycles. The molecule has 0 saturated carbocycles. The number of hydrogen-bond acceptors (Lipinski definition) is 3. The molecule has 0 aliphatic heterocycles. The van der Waals surface area contributed by atoms with E-state index in [1.807, 2.05) is 0 Å². The van der Waals surface area contributed by atoms with Gasteiger partial charge in [0.05, 0.1) is 0 Å². The monoisotopic (exact) mass is 505 g/mol. The molecule has 0 heterocycles. The molecule has 15 heavy (non-hydrogen) atoms. The van der Waals surface area contributed by atoms with Gasteiger partial charge in [0.2, 0.25) is 0 Å². The first-order valence-electron chi connectivity index (χ1n) is 1.95. The molecule has 0 amide bonds. The molecular weight excluding hydrogens is 499 g/mol. The third-order valence-corrected chi connectivity index (χ3v) is 0. The molecule has 0 saturated heterocycles. The van der Waals surface area contributed by atoms with Crippen molar-refractivity contribution in [3.63, 3.8) is 0 Å². The van der Waals surface area contributed by atoms with Crippen molar-refractivity contribution in [2.24, 2.45) is 0 Å². The van der Waals surface area contributed by atoms with E-state index < -0.39 is 55.8 Å². The average molecular weight is 506 g/mol. The van der Waals surface area contributed by atoms with Crippen molar-refractivity contribution in [2.75, 3.05) is 0 Å². The van der Waals surface area contributed by atoms with E-state index in [0.29, 0.717) is 0 Å². The molecule has 0 spiro atoms. The normalized spacial score (nSPS) is 5.20. The Balaban J connectivity index is -0.0000000184. The Morgan fingerprint density at radius 2 is 0.533 bits per heavy atom. The van der Waals surface area contributed by atoms with Crippen LogP contribution in [0, 0.1) is 0 Å². The van der Waals surface area contributed by atoms with Crippen LogP contribution in [0.15, 0.2) is 0 Å². The zero-order valence-corrected chi connectivity index (χ0v) is 15.2. The van der Waals surface area contributed by atoms with E-state index >= 15 is 0 Å². The average Bonchev–Trinajstić information content (AvgIpc) is 1.54. The van der Waals surface area contributed by atoms with Gasteiger partial charge in [-0.3, -0.25) is 0 Å².